The normalized spacial score (nSPS) is 22.7. The van der Waals surface area contributed by atoms with Crippen LogP contribution in [0.25, 0.3) is 0 Å². The topological polar surface area (TPSA) is 61.4 Å². The van der Waals surface area contributed by atoms with Gasteiger partial charge in [-0.2, -0.15) is 13.2 Å². The van der Waals surface area contributed by atoms with E-state index in [2.05, 4.69) is 10.6 Å². The highest BCUT2D eigenvalue weighted by molar-refractivity contribution is 5.74. The van der Waals surface area contributed by atoms with E-state index in [0.717, 1.165) is 5.56 Å². The molecule has 0 heterocycles. The summed E-state index contributed by atoms with van der Waals surface area (Å²) in [5.74, 6) is -1.35. The highest BCUT2D eigenvalue weighted by atomic mass is 19.4. The average molecular weight is 344 g/mol. The summed E-state index contributed by atoms with van der Waals surface area (Å²) in [6.45, 7) is 1.87. The van der Waals surface area contributed by atoms with Crippen molar-refractivity contribution in [1.29, 1.82) is 0 Å². The van der Waals surface area contributed by atoms with Gasteiger partial charge in [-0.25, -0.2) is 4.79 Å². The van der Waals surface area contributed by atoms with Crippen molar-refractivity contribution in [3.05, 3.63) is 35.4 Å². The van der Waals surface area contributed by atoms with Crippen LogP contribution < -0.4 is 10.6 Å². The van der Waals surface area contributed by atoms with Crippen molar-refractivity contribution in [2.75, 3.05) is 6.54 Å². The fraction of sp³-hybridized carbons (Fsp3) is 0.588. The lowest BCUT2D eigenvalue weighted by atomic mass is 9.85. The standard InChI is InChI=1S/C17H23F3N2O2/c1-11-5-2-3-8-14(11)15(23)10-21-16(24)22-13-7-4-6-12(9-13)17(18,19)20/h2-3,5,8,12-13,15,23H,4,6-7,9-10H2,1H3,(H2,21,22,24). The predicted molar refractivity (Wildman–Crippen MR) is 84.5 cm³/mol. The van der Waals surface area contributed by atoms with E-state index in [1.54, 1.807) is 12.1 Å². The minimum Gasteiger partial charge on any atom is -0.387 e. The van der Waals surface area contributed by atoms with Crippen LogP contribution in [0.5, 0.6) is 0 Å². The van der Waals surface area contributed by atoms with E-state index in [-0.39, 0.29) is 19.4 Å². The Hall–Kier alpha value is -1.76. The van der Waals surface area contributed by atoms with Crippen LogP contribution in [0.15, 0.2) is 24.3 Å². The van der Waals surface area contributed by atoms with Crippen LogP contribution in [0.3, 0.4) is 0 Å². The monoisotopic (exact) mass is 344 g/mol. The van der Waals surface area contributed by atoms with E-state index in [9.17, 15) is 23.1 Å². The van der Waals surface area contributed by atoms with Gasteiger partial charge in [-0.3, -0.25) is 0 Å². The van der Waals surface area contributed by atoms with E-state index >= 15 is 0 Å². The van der Waals surface area contributed by atoms with Crippen LogP contribution in [-0.4, -0.2) is 29.9 Å². The fourth-order valence-corrected chi connectivity index (χ4v) is 3.11. The lowest BCUT2D eigenvalue weighted by Crippen LogP contribution is -2.46. The first-order valence-electron chi connectivity index (χ1n) is 8.12. The third-order valence-electron chi connectivity index (χ3n) is 4.48. The van der Waals surface area contributed by atoms with E-state index in [0.29, 0.717) is 18.4 Å². The number of alkyl halides is 3. The summed E-state index contributed by atoms with van der Waals surface area (Å²) in [6, 6.07) is 6.25. The third kappa shape index (κ3) is 5.12. The minimum atomic E-state index is -4.21. The van der Waals surface area contributed by atoms with Gasteiger partial charge in [-0.05, 0) is 37.3 Å². The number of nitrogens with one attached hydrogen (secondary N) is 2. The average Bonchev–Trinajstić information content (AvgIpc) is 2.52. The van der Waals surface area contributed by atoms with E-state index in [1.807, 2.05) is 19.1 Å². The summed E-state index contributed by atoms with van der Waals surface area (Å²) in [4.78, 5) is 11.9. The Morgan fingerprint density at radius 2 is 2.04 bits per heavy atom. The Morgan fingerprint density at radius 1 is 1.33 bits per heavy atom. The van der Waals surface area contributed by atoms with Gasteiger partial charge in [-0.15, -0.1) is 0 Å². The predicted octanol–water partition coefficient (Wildman–Crippen LogP) is 3.45. The van der Waals surface area contributed by atoms with Crippen molar-refractivity contribution in [1.82, 2.24) is 10.6 Å². The minimum absolute atomic E-state index is 0.00606. The number of halogens is 3. The van der Waals surface area contributed by atoms with E-state index in [1.165, 1.54) is 0 Å². The molecule has 2 rings (SSSR count). The third-order valence-corrected chi connectivity index (χ3v) is 4.48. The second kappa shape index (κ2) is 7.88. The van der Waals surface area contributed by atoms with Crippen LogP contribution in [0.1, 0.15) is 42.9 Å². The van der Waals surface area contributed by atoms with Gasteiger partial charge in [0.25, 0.3) is 0 Å². The fourth-order valence-electron chi connectivity index (χ4n) is 3.11. The number of aryl methyl sites for hydroxylation is 1. The molecule has 0 spiro atoms. The Balaban J connectivity index is 1.80. The molecule has 24 heavy (non-hydrogen) atoms. The number of rotatable bonds is 4. The highest BCUT2D eigenvalue weighted by Gasteiger charge is 2.42. The molecule has 1 aliphatic carbocycles. The number of hydrogen-bond donors (Lipinski definition) is 3. The smallest absolute Gasteiger partial charge is 0.387 e. The molecule has 4 nitrogen and oxygen atoms in total. The highest BCUT2D eigenvalue weighted by Crippen LogP contribution is 2.37. The molecule has 3 atom stereocenters. The van der Waals surface area contributed by atoms with Gasteiger partial charge in [-0.1, -0.05) is 30.7 Å². The van der Waals surface area contributed by atoms with Crippen molar-refractivity contribution < 1.29 is 23.1 Å². The molecule has 3 N–H and O–H groups in total. The second-order valence-electron chi connectivity index (χ2n) is 6.33. The zero-order valence-electron chi connectivity index (χ0n) is 13.6. The molecule has 1 fully saturated rings. The summed E-state index contributed by atoms with van der Waals surface area (Å²) >= 11 is 0. The molecule has 134 valence electrons. The zero-order chi connectivity index (χ0) is 17.7. The number of amides is 2. The van der Waals surface area contributed by atoms with Crippen molar-refractivity contribution >= 4 is 6.03 Å². The molecule has 1 aromatic carbocycles. The van der Waals surface area contributed by atoms with Crippen LogP contribution >= 0.6 is 0 Å². The molecule has 1 aliphatic rings. The Bertz CT molecular complexity index is 563. The number of urea groups is 1. The van der Waals surface area contributed by atoms with Gasteiger partial charge in [0.05, 0.1) is 12.0 Å². The first kappa shape index (κ1) is 18.6. The lowest BCUT2D eigenvalue weighted by molar-refractivity contribution is -0.183. The molecule has 7 heteroatoms. The Morgan fingerprint density at radius 3 is 2.71 bits per heavy atom. The summed E-state index contributed by atoms with van der Waals surface area (Å²) in [5.41, 5.74) is 1.63. The number of aliphatic hydroxyl groups is 1. The van der Waals surface area contributed by atoms with Crippen molar-refractivity contribution in [3.63, 3.8) is 0 Å². The number of carbonyl (C=O) groups excluding carboxylic acids is 1. The zero-order valence-corrected chi connectivity index (χ0v) is 13.6. The Kier molecular flexibility index (Phi) is 6.10. The molecular weight excluding hydrogens is 321 g/mol. The number of hydrogen-bond acceptors (Lipinski definition) is 2. The summed E-state index contributed by atoms with van der Waals surface area (Å²) in [6.07, 6.45) is -4.04. The second-order valence-corrected chi connectivity index (χ2v) is 6.33. The van der Waals surface area contributed by atoms with Crippen LogP contribution in [0.2, 0.25) is 0 Å². The van der Waals surface area contributed by atoms with Gasteiger partial charge in [0, 0.05) is 12.6 Å². The van der Waals surface area contributed by atoms with E-state index in [4.69, 9.17) is 0 Å². The van der Waals surface area contributed by atoms with Gasteiger partial charge in [0.2, 0.25) is 0 Å². The molecule has 1 saturated carbocycles. The first-order chi connectivity index (χ1) is 11.3. The summed E-state index contributed by atoms with van der Waals surface area (Å²) in [5, 5.41) is 15.2. The molecule has 2 amide bonds. The molecule has 1 aromatic rings. The molecule has 0 bridgehead atoms. The lowest BCUT2D eigenvalue weighted by Gasteiger charge is -2.31. The molecule has 0 aromatic heterocycles. The van der Waals surface area contributed by atoms with Gasteiger partial charge in [0.1, 0.15) is 0 Å². The first-order valence-corrected chi connectivity index (χ1v) is 8.12. The van der Waals surface area contributed by atoms with Crippen LogP contribution in [0, 0.1) is 12.8 Å². The molecule has 3 unspecified atom stereocenters. The quantitative estimate of drug-likeness (QED) is 0.783. The molecule has 0 saturated heterocycles. The number of carbonyl (C=O) groups is 1. The van der Waals surface area contributed by atoms with Crippen LogP contribution in [-0.2, 0) is 0 Å². The Labute approximate surface area is 139 Å². The number of benzene rings is 1. The molecular formula is C17H23F3N2O2. The largest absolute Gasteiger partial charge is 0.391 e. The van der Waals surface area contributed by atoms with Gasteiger partial charge in [0.15, 0.2) is 0 Å². The van der Waals surface area contributed by atoms with Crippen molar-refractivity contribution in [2.24, 2.45) is 5.92 Å². The molecule has 0 aliphatic heterocycles. The summed E-state index contributed by atoms with van der Waals surface area (Å²) < 4.78 is 38.3. The maximum absolute atomic E-state index is 12.8. The SMILES string of the molecule is Cc1ccccc1C(O)CNC(=O)NC1CCCC(C(F)(F)F)C1. The molecule has 0 radical (unpaired) electrons. The van der Waals surface area contributed by atoms with Crippen molar-refractivity contribution in [2.45, 2.75) is 50.9 Å². The number of aliphatic hydroxyl groups excluding tert-OH is 1. The van der Waals surface area contributed by atoms with Crippen LogP contribution in [0.4, 0.5) is 18.0 Å². The van der Waals surface area contributed by atoms with E-state index < -0.39 is 30.3 Å². The van der Waals surface area contributed by atoms with Gasteiger partial charge < -0.3 is 15.7 Å². The maximum atomic E-state index is 12.8. The maximum Gasteiger partial charge on any atom is 0.391 e. The summed E-state index contributed by atoms with van der Waals surface area (Å²) in [7, 11) is 0. The van der Waals surface area contributed by atoms with Crippen molar-refractivity contribution in [3.8, 4) is 0 Å². The van der Waals surface area contributed by atoms with Gasteiger partial charge >= 0.3 is 12.2 Å².